The number of carbonyl (C=O) groups excluding carboxylic acids is 1. The lowest BCUT2D eigenvalue weighted by Gasteiger charge is -2.08. The van der Waals surface area contributed by atoms with Crippen LogP contribution in [-0.2, 0) is 0 Å². The van der Waals surface area contributed by atoms with Crippen molar-refractivity contribution in [1.82, 2.24) is 14.5 Å². The first kappa shape index (κ1) is 14.7. The Hall–Kier alpha value is -2.22. The molecular weight excluding hydrogens is 391 g/mol. The second-order valence-electron chi connectivity index (χ2n) is 4.68. The summed E-state index contributed by atoms with van der Waals surface area (Å²) in [6.07, 6.45) is 5.22. The summed E-state index contributed by atoms with van der Waals surface area (Å²) in [5, 5.41) is 2.86. The van der Waals surface area contributed by atoms with Crippen LogP contribution in [-0.4, -0.2) is 20.4 Å². The summed E-state index contributed by atoms with van der Waals surface area (Å²) < 4.78 is 2.79. The van der Waals surface area contributed by atoms with Gasteiger partial charge in [-0.1, -0.05) is 12.1 Å². The lowest BCUT2D eigenvalue weighted by Crippen LogP contribution is -2.13. The van der Waals surface area contributed by atoms with Crippen LogP contribution in [0.2, 0.25) is 0 Å². The predicted octanol–water partition coefficient (Wildman–Crippen LogP) is 3.43. The Balaban J connectivity index is 1.78. The molecule has 3 rings (SSSR count). The van der Waals surface area contributed by atoms with E-state index in [-0.39, 0.29) is 5.91 Å². The molecule has 0 atom stereocenters. The first-order valence-electron chi connectivity index (χ1n) is 6.67. The maximum atomic E-state index is 12.2. The molecular formula is C16H13IN4O. The van der Waals surface area contributed by atoms with Crippen LogP contribution in [0, 0.1) is 10.5 Å². The summed E-state index contributed by atoms with van der Waals surface area (Å²) in [6.45, 7) is 1.91. The smallest absolute Gasteiger partial charge is 0.256 e. The van der Waals surface area contributed by atoms with Crippen molar-refractivity contribution in [2.75, 3.05) is 5.32 Å². The van der Waals surface area contributed by atoms with Gasteiger partial charge in [0.2, 0.25) is 0 Å². The second kappa shape index (κ2) is 6.27. The molecule has 0 saturated carbocycles. The van der Waals surface area contributed by atoms with Gasteiger partial charge in [-0.15, -0.1) is 0 Å². The number of benzene rings is 1. The van der Waals surface area contributed by atoms with Crippen LogP contribution in [0.15, 0.2) is 55.0 Å². The summed E-state index contributed by atoms with van der Waals surface area (Å²) in [6, 6.07) is 11.1. The van der Waals surface area contributed by atoms with Crippen LogP contribution in [0.3, 0.4) is 0 Å². The fraction of sp³-hybridized carbons (Fsp3) is 0.0625. The van der Waals surface area contributed by atoms with Crippen LogP contribution >= 0.6 is 22.6 Å². The number of nitrogens with one attached hydrogen (secondary N) is 1. The fourth-order valence-corrected chi connectivity index (χ4v) is 2.70. The van der Waals surface area contributed by atoms with Crippen molar-refractivity contribution >= 4 is 34.2 Å². The van der Waals surface area contributed by atoms with E-state index in [4.69, 9.17) is 0 Å². The number of aromatic nitrogens is 3. The van der Waals surface area contributed by atoms with E-state index in [1.165, 1.54) is 0 Å². The zero-order valence-electron chi connectivity index (χ0n) is 11.8. The van der Waals surface area contributed by atoms with Gasteiger partial charge in [0, 0.05) is 16.0 Å². The van der Waals surface area contributed by atoms with Gasteiger partial charge in [-0.25, -0.2) is 9.97 Å². The predicted molar refractivity (Wildman–Crippen MR) is 93.2 cm³/mol. The number of amides is 1. The standard InChI is InChI=1S/C16H13IN4O/c1-11-18-8-9-21(11)15-7-6-12(10-19-15)20-16(22)13-4-2-3-5-14(13)17/h2-10H,1H3,(H,20,22). The molecule has 22 heavy (non-hydrogen) atoms. The molecule has 2 aromatic heterocycles. The molecule has 0 aliphatic carbocycles. The Morgan fingerprint density at radius 1 is 1.18 bits per heavy atom. The monoisotopic (exact) mass is 404 g/mol. The van der Waals surface area contributed by atoms with E-state index >= 15 is 0 Å². The minimum Gasteiger partial charge on any atom is -0.321 e. The molecule has 110 valence electrons. The third-order valence-electron chi connectivity index (χ3n) is 3.20. The molecule has 5 nitrogen and oxygen atoms in total. The van der Waals surface area contributed by atoms with Gasteiger partial charge in [-0.2, -0.15) is 0 Å². The maximum absolute atomic E-state index is 12.2. The van der Waals surface area contributed by atoms with E-state index in [1.54, 1.807) is 18.5 Å². The molecule has 0 aliphatic heterocycles. The number of rotatable bonds is 3. The quantitative estimate of drug-likeness (QED) is 0.681. The van der Waals surface area contributed by atoms with Crippen molar-refractivity contribution in [2.24, 2.45) is 0 Å². The third kappa shape index (κ3) is 3.01. The van der Waals surface area contributed by atoms with E-state index in [1.807, 2.05) is 48.0 Å². The van der Waals surface area contributed by atoms with Crippen molar-refractivity contribution in [2.45, 2.75) is 6.92 Å². The highest BCUT2D eigenvalue weighted by Gasteiger charge is 2.10. The number of carbonyl (C=O) groups is 1. The van der Waals surface area contributed by atoms with E-state index in [2.05, 4.69) is 37.9 Å². The minimum absolute atomic E-state index is 0.140. The van der Waals surface area contributed by atoms with Gasteiger partial charge in [0.05, 0.1) is 17.4 Å². The molecule has 1 N–H and O–H groups in total. The average Bonchev–Trinajstić information content (AvgIpc) is 2.94. The normalized spacial score (nSPS) is 10.5. The molecule has 0 aliphatic rings. The van der Waals surface area contributed by atoms with Gasteiger partial charge in [-0.05, 0) is 53.8 Å². The summed E-state index contributed by atoms with van der Waals surface area (Å²) in [7, 11) is 0. The van der Waals surface area contributed by atoms with Crippen LogP contribution in [0.1, 0.15) is 16.2 Å². The number of hydrogen-bond acceptors (Lipinski definition) is 3. The van der Waals surface area contributed by atoms with Crippen LogP contribution in [0.5, 0.6) is 0 Å². The molecule has 0 fully saturated rings. The van der Waals surface area contributed by atoms with Gasteiger partial charge in [0.15, 0.2) is 0 Å². The number of halogens is 1. The number of hydrogen-bond donors (Lipinski definition) is 1. The number of nitrogens with zero attached hydrogens (tertiary/aromatic N) is 3. The Kier molecular flexibility index (Phi) is 4.19. The first-order valence-corrected chi connectivity index (χ1v) is 7.75. The van der Waals surface area contributed by atoms with Crippen LogP contribution < -0.4 is 5.32 Å². The van der Waals surface area contributed by atoms with Gasteiger partial charge >= 0.3 is 0 Å². The number of pyridine rings is 1. The summed E-state index contributed by atoms with van der Waals surface area (Å²) in [5.74, 6) is 1.49. The van der Waals surface area contributed by atoms with Crippen molar-refractivity contribution in [3.05, 3.63) is 69.9 Å². The zero-order chi connectivity index (χ0) is 15.5. The molecule has 1 amide bonds. The molecule has 6 heteroatoms. The number of aryl methyl sites for hydroxylation is 1. The van der Waals surface area contributed by atoms with E-state index in [0.29, 0.717) is 11.3 Å². The topological polar surface area (TPSA) is 59.8 Å². The van der Waals surface area contributed by atoms with E-state index in [0.717, 1.165) is 15.2 Å². The van der Waals surface area contributed by atoms with Crippen molar-refractivity contribution in [1.29, 1.82) is 0 Å². The van der Waals surface area contributed by atoms with E-state index in [9.17, 15) is 4.79 Å². The summed E-state index contributed by atoms with van der Waals surface area (Å²) >= 11 is 2.15. The Morgan fingerprint density at radius 2 is 2.00 bits per heavy atom. The minimum atomic E-state index is -0.140. The van der Waals surface area contributed by atoms with Crippen LogP contribution in [0.4, 0.5) is 5.69 Å². The number of imidazole rings is 1. The van der Waals surface area contributed by atoms with Gasteiger partial charge in [0.25, 0.3) is 5.91 Å². The largest absolute Gasteiger partial charge is 0.321 e. The lowest BCUT2D eigenvalue weighted by molar-refractivity contribution is 0.102. The van der Waals surface area contributed by atoms with Crippen LogP contribution in [0.25, 0.3) is 5.82 Å². The molecule has 0 radical (unpaired) electrons. The molecule has 0 unspecified atom stereocenters. The molecule has 0 spiro atoms. The highest BCUT2D eigenvalue weighted by molar-refractivity contribution is 14.1. The summed E-state index contributed by atoms with van der Waals surface area (Å²) in [4.78, 5) is 20.8. The highest BCUT2D eigenvalue weighted by atomic mass is 127. The van der Waals surface area contributed by atoms with Gasteiger partial charge in [-0.3, -0.25) is 9.36 Å². The molecule has 0 bridgehead atoms. The Morgan fingerprint density at radius 3 is 2.64 bits per heavy atom. The lowest BCUT2D eigenvalue weighted by atomic mass is 10.2. The zero-order valence-corrected chi connectivity index (χ0v) is 14.0. The van der Waals surface area contributed by atoms with Gasteiger partial charge < -0.3 is 5.32 Å². The number of anilines is 1. The first-order chi connectivity index (χ1) is 10.6. The second-order valence-corrected chi connectivity index (χ2v) is 5.85. The van der Waals surface area contributed by atoms with Crippen molar-refractivity contribution < 1.29 is 4.79 Å². The summed E-state index contributed by atoms with van der Waals surface area (Å²) in [5.41, 5.74) is 1.31. The molecule has 1 aromatic carbocycles. The Labute approximate surface area is 141 Å². The molecule has 2 heterocycles. The van der Waals surface area contributed by atoms with E-state index < -0.39 is 0 Å². The molecule has 0 saturated heterocycles. The third-order valence-corrected chi connectivity index (χ3v) is 4.14. The highest BCUT2D eigenvalue weighted by Crippen LogP contribution is 2.15. The Bertz CT molecular complexity index is 811. The maximum Gasteiger partial charge on any atom is 0.256 e. The van der Waals surface area contributed by atoms with Gasteiger partial charge in [0.1, 0.15) is 11.6 Å². The van der Waals surface area contributed by atoms with Crippen molar-refractivity contribution in [3.8, 4) is 5.82 Å². The van der Waals surface area contributed by atoms with Crippen molar-refractivity contribution in [3.63, 3.8) is 0 Å². The molecule has 3 aromatic rings. The SMILES string of the molecule is Cc1nccn1-c1ccc(NC(=O)c2ccccc2I)cn1. The fourth-order valence-electron chi connectivity index (χ4n) is 2.07. The average molecular weight is 404 g/mol.